The zero-order valence-electron chi connectivity index (χ0n) is 15.4. The largest absolute Gasteiger partial charge is 0.346 e. The molecular formula is C19H21N5O3S. The lowest BCUT2D eigenvalue weighted by molar-refractivity contribution is 0.547. The average molecular weight is 399 g/mol. The summed E-state index contributed by atoms with van der Waals surface area (Å²) in [6.45, 7) is 2.12. The molecule has 0 spiro atoms. The zero-order valence-corrected chi connectivity index (χ0v) is 16.3. The van der Waals surface area contributed by atoms with Gasteiger partial charge in [0, 0.05) is 30.5 Å². The van der Waals surface area contributed by atoms with Crippen LogP contribution in [0.5, 0.6) is 0 Å². The first kappa shape index (κ1) is 18.6. The molecule has 0 saturated heterocycles. The Kier molecular flexibility index (Phi) is 4.86. The molecule has 1 aliphatic carbocycles. The second-order valence-electron chi connectivity index (χ2n) is 6.88. The highest BCUT2D eigenvalue weighted by atomic mass is 32.2. The van der Waals surface area contributed by atoms with E-state index in [0.29, 0.717) is 5.82 Å². The van der Waals surface area contributed by atoms with Crippen LogP contribution < -0.4 is 10.4 Å². The summed E-state index contributed by atoms with van der Waals surface area (Å²) in [7, 11) is -3.63. The number of nitrogens with zero attached hydrogens (tertiary/aromatic N) is 4. The zero-order chi connectivity index (χ0) is 19.7. The normalized spacial score (nSPS) is 14.3. The molecule has 3 aromatic rings. The third kappa shape index (κ3) is 3.76. The van der Waals surface area contributed by atoms with Crippen molar-refractivity contribution in [2.45, 2.75) is 37.2 Å². The van der Waals surface area contributed by atoms with Gasteiger partial charge in [0.2, 0.25) is 10.0 Å². The Hall–Kier alpha value is -2.78. The second kappa shape index (κ2) is 7.33. The summed E-state index contributed by atoms with van der Waals surface area (Å²) in [5.41, 5.74) is 1.53. The highest BCUT2D eigenvalue weighted by molar-refractivity contribution is 7.89. The van der Waals surface area contributed by atoms with E-state index in [0.717, 1.165) is 24.0 Å². The first-order valence-electron chi connectivity index (χ1n) is 9.12. The quantitative estimate of drug-likeness (QED) is 0.652. The summed E-state index contributed by atoms with van der Waals surface area (Å²) in [5, 5.41) is 4.44. The van der Waals surface area contributed by atoms with Gasteiger partial charge in [0.1, 0.15) is 0 Å². The first-order chi connectivity index (χ1) is 13.5. The molecule has 1 saturated carbocycles. The van der Waals surface area contributed by atoms with Crippen LogP contribution in [0.4, 0.5) is 0 Å². The monoisotopic (exact) mass is 399 g/mol. The highest BCUT2D eigenvalue weighted by Crippen LogP contribution is 2.36. The van der Waals surface area contributed by atoms with E-state index < -0.39 is 10.0 Å². The predicted molar refractivity (Wildman–Crippen MR) is 104 cm³/mol. The molecule has 8 nitrogen and oxygen atoms in total. The van der Waals surface area contributed by atoms with Crippen molar-refractivity contribution >= 4 is 10.0 Å². The Morgan fingerprint density at radius 1 is 1.18 bits per heavy atom. The van der Waals surface area contributed by atoms with E-state index in [1.165, 1.54) is 4.68 Å². The predicted octanol–water partition coefficient (Wildman–Crippen LogP) is 1.73. The van der Waals surface area contributed by atoms with Gasteiger partial charge in [0.15, 0.2) is 5.82 Å². The average Bonchev–Trinajstić information content (AvgIpc) is 3.47. The number of aryl methyl sites for hydroxylation is 1. The van der Waals surface area contributed by atoms with Crippen molar-refractivity contribution in [1.29, 1.82) is 0 Å². The van der Waals surface area contributed by atoms with E-state index in [1.54, 1.807) is 47.3 Å². The maximum atomic E-state index is 12.8. The fraction of sp³-hybridized carbons (Fsp3) is 0.316. The van der Waals surface area contributed by atoms with Crippen molar-refractivity contribution < 1.29 is 8.42 Å². The van der Waals surface area contributed by atoms with Gasteiger partial charge >= 0.3 is 5.69 Å². The minimum absolute atomic E-state index is 0.0737. The van der Waals surface area contributed by atoms with Crippen LogP contribution in [0.3, 0.4) is 0 Å². The minimum atomic E-state index is -3.63. The number of aromatic nitrogens is 4. The van der Waals surface area contributed by atoms with Gasteiger partial charge in [-0.3, -0.25) is 9.55 Å². The summed E-state index contributed by atoms with van der Waals surface area (Å²) in [6, 6.07) is 10.4. The molecule has 0 amide bonds. The van der Waals surface area contributed by atoms with Gasteiger partial charge in [0.05, 0.1) is 11.4 Å². The van der Waals surface area contributed by atoms with Crippen molar-refractivity contribution in [3.63, 3.8) is 0 Å². The molecular weight excluding hydrogens is 378 g/mol. The molecule has 2 heterocycles. The van der Waals surface area contributed by atoms with Gasteiger partial charge in [-0.15, -0.1) is 5.10 Å². The van der Waals surface area contributed by atoms with Gasteiger partial charge in [-0.1, -0.05) is 17.7 Å². The highest BCUT2D eigenvalue weighted by Gasteiger charge is 2.30. The molecule has 2 aromatic heterocycles. The number of benzene rings is 1. The van der Waals surface area contributed by atoms with E-state index in [-0.39, 0.29) is 29.7 Å². The maximum absolute atomic E-state index is 12.8. The van der Waals surface area contributed by atoms with Crippen molar-refractivity contribution in [2.75, 3.05) is 6.54 Å². The lowest BCUT2D eigenvalue weighted by Gasteiger charge is -2.06. The van der Waals surface area contributed by atoms with E-state index in [2.05, 4.69) is 14.8 Å². The lowest BCUT2D eigenvalue weighted by atomic mass is 10.2. The molecule has 1 N–H and O–H groups in total. The fourth-order valence-corrected chi connectivity index (χ4v) is 4.03. The van der Waals surface area contributed by atoms with Gasteiger partial charge in [-0.2, -0.15) is 0 Å². The van der Waals surface area contributed by atoms with E-state index in [9.17, 15) is 13.2 Å². The molecule has 146 valence electrons. The van der Waals surface area contributed by atoms with Crippen molar-refractivity contribution in [3.05, 3.63) is 64.8 Å². The summed E-state index contributed by atoms with van der Waals surface area (Å²) < 4.78 is 30.3. The molecule has 0 bridgehead atoms. The van der Waals surface area contributed by atoms with Crippen LogP contribution in [0.25, 0.3) is 11.4 Å². The molecule has 4 rings (SSSR count). The second-order valence-corrected chi connectivity index (χ2v) is 8.65. The summed E-state index contributed by atoms with van der Waals surface area (Å²) in [4.78, 5) is 17.1. The molecule has 0 radical (unpaired) electrons. The Morgan fingerprint density at radius 3 is 2.57 bits per heavy atom. The minimum Gasteiger partial charge on any atom is -0.272 e. The molecule has 1 aliphatic rings. The van der Waals surface area contributed by atoms with Crippen molar-refractivity contribution in [2.24, 2.45) is 0 Å². The topological polar surface area (TPSA) is 98.9 Å². The summed E-state index contributed by atoms with van der Waals surface area (Å²) in [6.07, 6.45) is 5.23. The molecule has 28 heavy (non-hydrogen) atoms. The van der Waals surface area contributed by atoms with Crippen LogP contribution in [0, 0.1) is 6.92 Å². The van der Waals surface area contributed by atoms with Crippen molar-refractivity contribution in [1.82, 2.24) is 24.1 Å². The number of nitrogens with one attached hydrogen (secondary N) is 1. The molecule has 9 heteroatoms. The molecule has 1 aromatic carbocycles. The molecule has 1 fully saturated rings. The number of pyridine rings is 1. The van der Waals surface area contributed by atoms with Gasteiger partial charge in [0.25, 0.3) is 0 Å². The Balaban J connectivity index is 1.53. The fourth-order valence-electron chi connectivity index (χ4n) is 3.01. The van der Waals surface area contributed by atoms with Gasteiger partial charge in [-0.05, 0) is 44.0 Å². The van der Waals surface area contributed by atoms with Gasteiger partial charge in [-0.25, -0.2) is 22.6 Å². The van der Waals surface area contributed by atoms with Gasteiger partial charge < -0.3 is 0 Å². The summed E-state index contributed by atoms with van der Waals surface area (Å²) >= 11 is 0. The number of hydrogen-bond acceptors (Lipinski definition) is 5. The van der Waals surface area contributed by atoms with Crippen LogP contribution in [0.2, 0.25) is 0 Å². The molecule has 0 aliphatic heterocycles. The molecule has 0 unspecified atom stereocenters. The molecule has 0 atom stereocenters. The third-order valence-corrected chi connectivity index (χ3v) is 6.13. The lowest BCUT2D eigenvalue weighted by Crippen LogP contribution is -2.32. The van der Waals surface area contributed by atoms with E-state index in [4.69, 9.17) is 0 Å². The summed E-state index contributed by atoms with van der Waals surface area (Å²) in [5.74, 6) is 0.571. The smallest absolute Gasteiger partial charge is 0.272 e. The van der Waals surface area contributed by atoms with Crippen LogP contribution >= 0.6 is 0 Å². The van der Waals surface area contributed by atoms with Crippen molar-refractivity contribution in [3.8, 4) is 11.4 Å². The Labute approximate surface area is 162 Å². The number of sulfonamides is 1. The van der Waals surface area contributed by atoms with Crippen LogP contribution in [0.15, 0.2) is 58.5 Å². The standard InChI is InChI=1S/C19H21N5O3S/c1-14-4-8-17(9-5-14)28(26,27)21-11-12-23-19(25)24(16-6-7-16)18(22-23)15-3-2-10-20-13-15/h2-5,8-10,13,16,21H,6-7,11-12H2,1H3. The maximum Gasteiger partial charge on any atom is 0.346 e. The van der Waals surface area contributed by atoms with E-state index in [1.807, 2.05) is 13.0 Å². The van der Waals surface area contributed by atoms with Crippen LogP contribution in [-0.2, 0) is 16.6 Å². The van der Waals surface area contributed by atoms with E-state index >= 15 is 0 Å². The Morgan fingerprint density at radius 2 is 1.93 bits per heavy atom. The number of rotatable bonds is 7. The SMILES string of the molecule is Cc1ccc(S(=O)(=O)NCCn2nc(-c3cccnc3)n(C3CC3)c2=O)cc1. The first-order valence-corrected chi connectivity index (χ1v) is 10.6. The Bertz CT molecular complexity index is 1130. The number of hydrogen-bond donors (Lipinski definition) is 1. The van der Waals surface area contributed by atoms with Crippen LogP contribution in [-0.4, -0.2) is 34.3 Å². The van der Waals surface area contributed by atoms with Crippen LogP contribution in [0.1, 0.15) is 24.4 Å². The third-order valence-electron chi connectivity index (χ3n) is 4.65.